The zero-order chi connectivity index (χ0) is 20.0. The van der Waals surface area contributed by atoms with Gasteiger partial charge < -0.3 is 20.5 Å². The lowest BCUT2D eigenvalue weighted by atomic mass is 10.0. The minimum absolute atomic E-state index is 0.0775. The Morgan fingerprint density at radius 1 is 1.29 bits per heavy atom. The molecule has 4 N–H and O–H groups in total. The smallest absolute Gasteiger partial charge is 0.405 e. The van der Waals surface area contributed by atoms with Crippen LogP contribution in [0.5, 0.6) is 0 Å². The van der Waals surface area contributed by atoms with E-state index >= 15 is 0 Å². The third-order valence-corrected chi connectivity index (χ3v) is 5.06. The molecule has 4 rings (SSSR count). The maximum absolute atomic E-state index is 9.94. The number of aromatic amines is 1. The Bertz CT molecular complexity index is 766. The van der Waals surface area contributed by atoms with E-state index in [0.29, 0.717) is 18.3 Å². The van der Waals surface area contributed by atoms with Gasteiger partial charge in [-0.25, -0.2) is 9.78 Å². The van der Waals surface area contributed by atoms with E-state index < -0.39 is 6.09 Å². The highest BCUT2D eigenvalue weighted by atomic mass is 16.5. The summed E-state index contributed by atoms with van der Waals surface area (Å²) in [5.41, 5.74) is 1.95. The summed E-state index contributed by atoms with van der Waals surface area (Å²) in [4.78, 5) is 18.5. The molecule has 1 amide bonds. The highest BCUT2D eigenvalue weighted by Crippen LogP contribution is 2.34. The van der Waals surface area contributed by atoms with Gasteiger partial charge in [-0.1, -0.05) is 12.8 Å². The zero-order valence-electron chi connectivity index (χ0n) is 16.4. The van der Waals surface area contributed by atoms with Crippen molar-refractivity contribution in [2.45, 2.75) is 63.5 Å². The Morgan fingerprint density at radius 3 is 2.57 bits per heavy atom. The first-order valence-electron chi connectivity index (χ1n) is 9.61. The molecule has 0 radical (unpaired) electrons. The maximum Gasteiger partial charge on any atom is 0.405 e. The Hall–Kier alpha value is -2.68. The number of rotatable bonds is 6. The predicted molar refractivity (Wildman–Crippen MR) is 105 cm³/mol. The van der Waals surface area contributed by atoms with Crippen LogP contribution in [-0.4, -0.2) is 44.0 Å². The number of hydrogen-bond acceptors (Lipinski definition) is 6. The van der Waals surface area contributed by atoms with Crippen molar-refractivity contribution in [3.8, 4) is 0 Å². The molecular formula is C19H28N6O3. The summed E-state index contributed by atoms with van der Waals surface area (Å²) in [6, 6.07) is 2.07. The fraction of sp³-hybridized carbons (Fsp3) is 0.579. The van der Waals surface area contributed by atoms with E-state index in [0.717, 1.165) is 24.4 Å². The number of H-pyrrole nitrogens is 1. The fourth-order valence-corrected chi connectivity index (χ4v) is 3.19. The molecule has 0 unspecified atom stereocenters. The van der Waals surface area contributed by atoms with Gasteiger partial charge in [0.05, 0.1) is 24.7 Å². The normalized spacial score (nSPS) is 17.5. The molecule has 0 aromatic carbocycles. The number of hydrogen-bond donors (Lipinski definition) is 4. The van der Waals surface area contributed by atoms with Crippen molar-refractivity contribution in [1.82, 2.24) is 25.5 Å². The molecule has 0 aliphatic heterocycles. The molecule has 152 valence electrons. The monoisotopic (exact) mass is 388 g/mol. The summed E-state index contributed by atoms with van der Waals surface area (Å²) < 4.78 is 5.01. The third kappa shape index (κ3) is 5.91. The van der Waals surface area contributed by atoms with E-state index in [1.165, 1.54) is 31.4 Å². The zero-order valence-corrected chi connectivity index (χ0v) is 16.4. The molecule has 0 bridgehead atoms. The molecule has 2 aromatic rings. The average Bonchev–Trinajstić information content (AvgIpc) is 3.09. The van der Waals surface area contributed by atoms with Crippen LogP contribution >= 0.6 is 0 Å². The summed E-state index contributed by atoms with van der Waals surface area (Å²) in [7, 11) is 1.64. The van der Waals surface area contributed by atoms with Crippen molar-refractivity contribution in [1.29, 1.82) is 0 Å². The Balaban J connectivity index is 0.000000236. The lowest BCUT2D eigenvalue weighted by Gasteiger charge is -2.04. The summed E-state index contributed by atoms with van der Waals surface area (Å²) in [5, 5.41) is 21.2. The molecule has 2 saturated carbocycles. The molecule has 2 aliphatic rings. The average molecular weight is 388 g/mol. The molecule has 28 heavy (non-hydrogen) atoms. The number of methoxy groups -OCH3 is 1. The lowest BCUT2D eigenvalue weighted by Crippen LogP contribution is -2.32. The first-order chi connectivity index (χ1) is 13.5. The van der Waals surface area contributed by atoms with Crippen LogP contribution in [-0.2, 0) is 11.3 Å². The first-order valence-corrected chi connectivity index (χ1v) is 9.61. The van der Waals surface area contributed by atoms with Crippen LogP contribution in [0.15, 0.2) is 18.5 Å². The van der Waals surface area contributed by atoms with Gasteiger partial charge >= 0.3 is 6.09 Å². The van der Waals surface area contributed by atoms with E-state index in [-0.39, 0.29) is 5.54 Å². The minimum atomic E-state index is -0.912. The molecule has 9 nitrogen and oxygen atoms in total. The van der Waals surface area contributed by atoms with Gasteiger partial charge in [-0.15, -0.1) is 0 Å². The number of anilines is 2. The van der Waals surface area contributed by atoms with E-state index in [4.69, 9.17) is 9.84 Å². The lowest BCUT2D eigenvalue weighted by molar-refractivity contribution is 0.181. The second kappa shape index (κ2) is 9.01. The topological polar surface area (TPSA) is 125 Å². The van der Waals surface area contributed by atoms with Crippen LogP contribution in [0.2, 0.25) is 0 Å². The quantitative estimate of drug-likeness (QED) is 0.596. The Morgan fingerprint density at radius 2 is 2.04 bits per heavy atom. The van der Waals surface area contributed by atoms with Crippen molar-refractivity contribution in [2.75, 3.05) is 12.4 Å². The second-order valence-corrected chi connectivity index (χ2v) is 7.63. The number of ether oxygens (including phenoxy) is 1. The SMILES string of the molecule is CC1(NC(=O)O)CC1.COCc1cnc(Nc2cc(C3CCCC3)[nH]n2)cn1. The highest BCUT2D eigenvalue weighted by molar-refractivity contribution is 5.66. The van der Waals surface area contributed by atoms with Gasteiger partial charge in [-0.05, 0) is 32.6 Å². The first kappa shape index (κ1) is 20.1. The molecule has 0 spiro atoms. The van der Waals surface area contributed by atoms with Gasteiger partial charge in [-0.3, -0.25) is 10.1 Å². The number of carboxylic acid groups (broad SMARTS) is 1. The predicted octanol–water partition coefficient (Wildman–Crippen LogP) is 3.55. The highest BCUT2D eigenvalue weighted by Gasteiger charge is 2.38. The Kier molecular flexibility index (Phi) is 6.45. The van der Waals surface area contributed by atoms with Crippen molar-refractivity contribution in [3.63, 3.8) is 0 Å². The van der Waals surface area contributed by atoms with Crippen LogP contribution in [0.3, 0.4) is 0 Å². The largest absolute Gasteiger partial charge is 0.465 e. The Labute approximate surface area is 164 Å². The summed E-state index contributed by atoms with van der Waals surface area (Å²) in [5.74, 6) is 2.11. The van der Waals surface area contributed by atoms with Crippen LogP contribution in [0.25, 0.3) is 0 Å². The van der Waals surface area contributed by atoms with Gasteiger partial charge in [-0.2, -0.15) is 5.10 Å². The van der Waals surface area contributed by atoms with Crippen molar-refractivity contribution in [2.24, 2.45) is 0 Å². The summed E-state index contributed by atoms with van der Waals surface area (Å²) in [6.45, 7) is 2.38. The standard InChI is InChI=1S/C14H19N5O.C5H9NO2/c1-20-9-11-7-16-14(8-15-11)17-13-6-12(18-19-13)10-4-2-3-5-10;1-5(2-3-5)6-4(7)8/h6-8,10H,2-5,9H2,1H3,(H2,16,17,18,19);6H,2-3H2,1H3,(H,7,8). The van der Waals surface area contributed by atoms with Gasteiger partial charge in [0, 0.05) is 30.3 Å². The number of carbonyl (C=O) groups is 1. The molecule has 2 aromatic heterocycles. The van der Waals surface area contributed by atoms with E-state index in [9.17, 15) is 4.79 Å². The number of nitrogens with one attached hydrogen (secondary N) is 3. The van der Waals surface area contributed by atoms with Crippen molar-refractivity contribution in [3.05, 3.63) is 29.8 Å². The number of aromatic nitrogens is 4. The third-order valence-electron chi connectivity index (χ3n) is 5.06. The van der Waals surface area contributed by atoms with Gasteiger partial charge in [0.15, 0.2) is 5.82 Å². The van der Waals surface area contributed by atoms with Crippen LogP contribution in [0, 0.1) is 0 Å². The molecule has 2 aliphatic carbocycles. The molecule has 9 heteroatoms. The van der Waals surface area contributed by atoms with Crippen molar-refractivity contribution < 1.29 is 14.6 Å². The number of amides is 1. The van der Waals surface area contributed by atoms with Gasteiger partial charge in [0.25, 0.3) is 0 Å². The fourth-order valence-electron chi connectivity index (χ4n) is 3.19. The molecular weight excluding hydrogens is 360 g/mol. The van der Waals surface area contributed by atoms with Gasteiger partial charge in [0.1, 0.15) is 5.82 Å². The van der Waals surface area contributed by atoms with Crippen molar-refractivity contribution >= 4 is 17.7 Å². The van der Waals surface area contributed by atoms with Crippen LogP contribution < -0.4 is 10.6 Å². The summed E-state index contributed by atoms with van der Waals surface area (Å²) >= 11 is 0. The number of nitrogens with zero attached hydrogens (tertiary/aromatic N) is 3. The van der Waals surface area contributed by atoms with Crippen LogP contribution in [0.4, 0.5) is 16.4 Å². The van der Waals surface area contributed by atoms with Gasteiger partial charge in [0.2, 0.25) is 0 Å². The van der Waals surface area contributed by atoms with E-state index in [1.807, 2.05) is 6.92 Å². The molecule has 2 heterocycles. The second-order valence-electron chi connectivity index (χ2n) is 7.63. The van der Waals surface area contributed by atoms with E-state index in [2.05, 4.69) is 36.9 Å². The molecule has 0 saturated heterocycles. The molecule has 2 fully saturated rings. The summed E-state index contributed by atoms with van der Waals surface area (Å²) in [6.07, 6.45) is 9.61. The maximum atomic E-state index is 9.94. The van der Waals surface area contributed by atoms with Crippen LogP contribution in [0.1, 0.15) is 62.8 Å². The molecule has 0 atom stereocenters. The minimum Gasteiger partial charge on any atom is -0.465 e. The van der Waals surface area contributed by atoms with E-state index in [1.54, 1.807) is 19.5 Å².